The van der Waals surface area contributed by atoms with Crippen LogP contribution in [0.2, 0.25) is 10.0 Å². The fraction of sp³-hybridized carbons (Fsp3) is 0.350. The van der Waals surface area contributed by atoms with Gasteiger partial charge in [-0.1, -0.05) is 29.3 Å². The molecule has 1 aliphatic heterocycles. The van der Waals surface area contributed by atoms with Gasteiger partial charge in [0.15, 0.2) is 0 Å². The third-order valence-corrected chi connectivity index (χ3v) is 7.66. The summed E-state index contributed by atoms with van der Waals surface area (Å²) in [6, 6.07) is 9.53. The van der Waals surface area contributed by atoms with Crippen LogP contribution in [0.5, 0.6) is 11.5 Å². The minimum absolute atomic E-state index is 0.00305. The first-order valence-corrected chi connectivity index (χ1v) is 11.4. The van der Waals surface area contributed by atoms with Gasteiger partial charge in [-0.25, -0.2) is 8.42 Å². The lowest BCUT2D eigenvalue weighted by molar-refractivity contribution is -0.120. The van der Waals surface area contributed by atoms with Gasteiger partial charge < -0.3 is 14.8 Å². The lowest BCUT2D eigenvalue weighted by Gasteiger charge is -2.31. The van der Waals surface area contributed by atoms with Crippen LogP contribution in [0.1, 0.15) is 12.8 Å². The molecule has 1 N–H and O–H groups in total. The van der Waals surface area contributed by atoms with E-state index in [4.69, 9.17) is 32.7 Å². The average Bonchev–Trinajstić information content (AvgIpc) is 2.76. The Morgan fingerprint density at radius 1 is 1.17 bits per heavy atom. The molecule has 1 fully saturated rings. The normalized spacial score (nSPS) is 17.4. The summed E-state index contributed by atoms with van der Waals surface area (Å²) in [4.78, 5) is 12.8. The molecule has 2 aromatic carbocycles. The number of benzene rings is 2. The first kappa shape index (κ1) is 22.7. The van der Waals surface area contributed by atoms with Crippen molar-refractivity contribution in [3.05, 3.63) is 46.4 Å². The standard InChI is InChI=1S/C20H22Cl2N2O5S/c1-28-14-8-9-17(29-2)18(11-14)30(26,27)24-10-4-5-13(12-24)20(25)23-16-7-3-6-15(21)19(16)22/h3,6-9,11,13H,4-5,10,12H2,1-2H3,(H,23,25)/t13-/m1/s1. The highest BCUT2D eigenvalue weighted by atomic mass is 35.5. The molecule has 1 atom stereocenters. The second kappa shape index (κ2) is 9.43. The Balaban J connectivity index is 1.81. The summed E-state index contributed by atoms with van der Waals surface area (Å²) in [5.41, 5.74) is 0.392. The lowest BCUT2D eigenvalue weighted by Crippen LogP contribution is -2.43. The fourth-order valence-electron chi connectivity index (χ4n) is 3.33. The van der Waals surface area contributed by atoms with Gasteiger partial charge in [-0.05, 0) is 37.1 Å². The van der Waals surface area contributed by atoms with E-state index in [-0.39, 0.29) is 28.1 Å². The number of methoxy groups -OCH3 is 2. The highest BCUT2D eigenvalue weighted by Crippen LogP contribution is 2.34. The Hall–Kier alpha value is -2.00. The van der Waals surface area contributed by atoms with E-state index in [0.717, 1.165) is 0 Å². The Kier molecular flexibility index (Phi) is 7.13. The van der Waals surface area contributed by atoms with Gasteiger partial charge in [-0.3, -0.25) is 4.79 Å². The van der Waals surface area contributed by atoms with Gasteiger partial charge in [0, 0.05) is 19.2 Å². The van der Waals surface area contributed by atoms with Gasteiger partial charge in [0.25, 0.3) is 0 Å². The second-order valence-electron chi connectivity index (χ2n) is 6.81. The Morgan fingerprint density at radius 3 is 2.63 bits per heavy atom. The molecule has 7 nitrogen and oxygen atoms in total. The molecule has 0 spiro atoms. The van der Waals surface area contributed by atoms with Crippen molar-refractivity contribution in [3.63, 3.8) is 0 Å². The topological polar surface area (TPSA) is 84.9 Å². The molecule has 10 heteroatoms. The molecule has 3 rings (SSSR count). The zero-order chi connectivity index (χ0) is 21.9. The Labute approximate surface area is 185 Å². The van der Waals surface area contributed by atoms with Crippen molar-refractivity contribution in [2.75, 3.05) is 32.6 Å². The van der Waals surface area contributed by atoms with E-state index in [9.17, 15) is 13.2 Å². The number of carbonyl (C=O) groups is 1. The average molecular weight is 473 g/mol. The van der Waals surface area contributed by atoms with Crippen molar-refractivity contribution >= 4 is 44.8 Å². The van der Waals surface area contributed by atoms with Crippen molar-refractivity contribution in [1.29, 1.82) is 0 Å². The molecule has 0 unspecified atom stereocenters. The maximum absolute atomic E-state index is 13.3. The van der Waals surface area contributed by atoms with E-state index in [1.807, 2.05) is 0 Å². The third kappa shape index (κ3) is 4.67. The molecule has 0 bridgehead atoms. The van der Waals surface area contributed by atoms with Crippen LogP contribution in [0.3, 0.4) is 0 Å². The quantitative estimate of drug-likeness (QED) is 0.685. The van der Waals surface area contributed by atoms with E-state index >= 15 is 0 Å². The minimum Gasteiger partial charge on any atom is -0.497 e. The number of hydrogen-bond donors (Lipinski definition) is 1. The smallest absolute Gasteiger partial charge is 0.246 e. The minimum atomic E-state index is -3.89. The number of nitrogens with zero attached hydrogens (tertiary/aromatic N) is 1. The van der Waals surface area contributed by atoms with Gasteiger partial charge in [-0.2, -0.15) is 4.31 Å². The van der Waals surface area contributed by atoms with E-state index in [0.29, 0.717) is 35.8 Å². The number of sulfonamides is 1. The monoisotopic (exact) mass is 472 g/mol. The molecular formula is C20H22Cl2N2O5S. The van der Waals surface area contributed by atoms with Crippen LogP contribution in [-0.4, -0.2) is 45.9 Å². The number of ether oxygens (including phenoxy) is 2. The van der Waals surface area contributed by atoms with Gasteiger partial charge in [0.05, 0.1) is 35.9 Å². The number of carbonyl (C=O) groups excluding carboxylic acids is 1. The molecule has 1 amide bonds. The van der Waals surface area contributed by atoms with E-state index < -0.39 is 15.9 Å². The molecule has 1 aliphatic rings. The maximum atomic E-state index is 13.3. The summed E-state index contributed by atoms with van der Waals surface area (Å²) in [7, 11) is -1.03. The second-order valence-corrected chi connectivity index (χ2v) is 9.50. The summed E-state index contributed by atoms with van der Waals surface area (Å²) in [6.45, 7) is 0.358. The first-order chi connectivity index (χ1) is 14.3. The van der Waals surface area contributed by atoms with Gasteiger partial charge in [0.2, 0.25) is 15.9 Å². The number of amides is 1. The van der Waals surface area contributed by atoms with E-state index in [1.165, 1.54) is 24.6 Å². The Bertz CT molecular complexity index is 1050. The SMILES string of the molecule is COc1ccc(OC)c(S(=O)(=O)N2CCC[C@@H](C(=O)Nc3cccc(Cl)c3Cl)C2)c1. The Morgan fingerprint density at radius 2 is 1.93 bits per heavy atom. The van der Waals surface area contributed by atoms with Crippen molar-refractivity contribution < 1.29 is 22.7 Å². The molecule has 1 saturated heterocycles. The molecule has 2 aromatic rings. The van der Waals surface area contributed by atoms with E-state index in [2.05, 4.69) is 5.32 Å². The summed E-state index contributed by atoms with van der Waals surface area (Å²) in [5.74, 6) is -0.221. The summed E-state index contributed by atoms with van der Waals surface area (Å²) in [5, 5.41) is 3.32. The molecule has 30 heavy (non-hydrogen) atoms. The largest absolute Gasteiger partial charge is 0.497 e. The predicted octanol–water partition coefficient (Wildman–Crippen LogP) is 4.05. The molecule has 0 saturated carbocycles. The van der Waals surface area contributed by atoms with Crippen molar-refractivity contribution in [1.82, 2.24) is 4.31 Å². The highest BCUT2D eigenvalue weighted by molar-refractivity contribution is 7.89. The lowest BCUT2D eigenvalue weighted by atomic mass is 9.99. The van der Waals surface area contributed by atoms with Crippen molar-refractivity contribution in [3.8, 4) is 11.5 Å². The summed E-state index contributed by atoms with van der Waals surface area (Å²) in [6.07, 6.45) is 1.11. The van der Waals surface area contributed by atoms with Crippen LogP contribution in [0.4, 0.5) is 5.69 Å². The van der Waals surface area contributed by atoms with E-state index in [1.54, 1.807) is 30.3 Å². The van der Waals surface area contributed by atoms with Crippen LogP contribution < -0.4 is 14.8 Å². The van der Waals surface area contributed by atoms with Crippen LogP contribution in [0.15, 0.2) is 41.3 Å². The number of halogens is 2. The number of rotatable bonds is 6. The molecule has 0 aliphatic carbocycles. The number of piperidine rings is 1. The van der Waals surface area contributed by atoms with Crippen molar-refractivity contribution in [2.45, 2.75) is 17.7 Å². The summed E-state index contributed by atoms with van der Waals surface area (Å²) >= 11 is 12.1. The highest BCUT2D eigenvalue weighted by Gasteiger charge is 2.35. The van der Waals surface area contributed by atoms with Crippen LogP contribution in [0.25, 0.3) is 0 Å². The van der Waals surface area contributed by atoms with Crippen LogP contribution in [0, 0.1) is 5.92 Å². The first-order valence-electron chi connectivity index (χ1n) is 9.25. The van der Waals surface area contributed by atoms with Gasteiger partial charge in [-0.15, -0.1) is 0 Å². The number of hydrogen-bond acceptors (Lipinski definition) is 5. The number of anilines is 1. The maximum Gasteiger partial charge on any atom is 0.246 e. The molecule has 162 valence electrons. The molecule has 0 radical (unpaired) electrons. The van der Waals surface area contributed by atoms with Gasteiger partial charge in [0.1, 0.15) is 16.4 Å². The van der Waals surface area contributed by atoms with Crippen LogP contribution >= 0.6 is 23.2 Å². The summed E-state index contributed by atoms with van der Waals surface area (Å²) < 4.78 is 38.3. The third-order valence-electron chi connectivity index (χ3n) is 4.95. The molecule has 0 aromatic heterocycles. The van der Waals surface area contributed by atoms with Crippen molar-refractivity contribution in [2.24, 2.45) is 5.92 Å². The molecule has 1 heterocycles. The zero-order valence-corrected chi connectivity index (χ0v) is 18.9. The predicted molar refractivity (Wildman–Crippen MR) is 116 cm³/mol. The van der Waals surface area contributed by atoms with Gasteiger partial charge >= 0.3 is 0 Å². The zero-order valence-electron chi connectivity index (χ0n) is 16.5. The molecular weight excluding hydrogens is 451 g/mol. The fourth-order valence-corrected chi connectivity index (χ4v) is 5.38. The van der Waals surface area contributed by atoms with Crippen LogP contribution in [-0.2, 0) is 14.8 Å². The number of nitrogens with one attached hydrogen (secondary N) is 1.